The van der Waals surface area contributed by atoms with Crippen molar-refractivity contribution < 1.29 is 4.74 Å². The summed E-state index contributed by atoms with van der Waals surface area (Å²) in [5, 5.41) is 4.48. The third-order valence-electron chi connectivity index (χ3n) is 2.50. The summed E-state index contributed by atoms with van der Waals surface area (Å²) in [6.07, 6.45) is 1.81. The first-order chi connectivity index (χ1) is 7.24. The molecule has 0 radical (unpaired) electrons. The molecule has 0 fully saturated rings. The van der Waals surface area contributed by atoms with Crippen LogP contribution in [0.3, 0.4) is 0 Å². The van der Waals surface area contributed by atoms with Gasteiger partial charge in [0.25, 0.3) is 0 Å². The van der Waals surface area contributed by atoms with Crippen LogP contribution in [-0.2, 0) is 24.1 Å². The zero-order chi connectivity index (χ0) is 11.3. The Balaban J connectivity index is 2.77. The highest BCUT2D eigenvalue weighted by Crippen LogP contribution is 2.18. The molecule has 15 heavy (non-hydrogen) atoms. The predicted octanol–water partition coefficient (Wildman–Crippen LogP) is 1.63. The molecule has 0 aliphatic heterocycles. The highest BCUT2D eigenvalue weighted by Gasteiger charge is 2.11. The van der Waals surface area contributed by atoms with Gasteiger partial charge in [-0.2, -0.15) is 5.10 Å². The fraction of sp³-hybridized carbons (Fsp3) is 0.727. The van der Waals surface area contributed by atoms with Gasteiger partial charge >= 0.3 is 0 Å². The Bertz CT molecular complexity index is 307. The van der Waals surface area contributed by atoms with Crippen LogP contribution in [0.5, 0.6) is 0 Å². The molecule has 0 aliphatic carbocycles. The first-order valence-corrected chi connectivity index (χ1v) is 5.66. The van der Waals surface area contributed by atoms with Crippen molar-refractivity contribution in [3.05, 3.63) is 11.4 Å². The van der Waals surface area contributed by atoms with Gasteiger partial charge in [0.1, 0.15) is 0 Å². The van der Waals surface area contributed by atoms with Gasteiger partial charge in [-0.1, -0.05) is 13.8 Å². The minimum Gasteiger partial charge on any atom is -0.396 e. The van der Waals surface area contributed by atoms with Crippen molar-refractivity contribution in [2.24, 2.45) is 0 Å². The van der Waals surface area contributed by atoms with E-state index >= 15 is 0 Å². The average Bonchev–Trinajstić information content (AvgIpc) is 2.55. The standard InChI is InChI=1S/C11H21N3O/c1-4-9-11(12)10(5-2)14(13-9)7-8-15-6-3/h4-8,12H2,1-3H3. The summed E-state index contributed by atoms with van der Waals surface area (Å²) in [5.41, 5.74) is 9.00. The fourth-order valence-corrected chi connectivity index (χ4v) is 1.68. The lowest BCUT2D eigenvalue weighted by Gasteiger charge is -2.05. The number of aromatic nitrogens is 2. The van der Waals surface area contributed by atoms with Crippen LogP contribution in [0.4, 0.5) is 5.69 Å². The number of anilines is 1. The van der Waals surface area contributed by atoms with E-state index in [4.69, 9.17) is 10.5 Å². The Hall–Kier alpha value is -1.03. The Morgan fingerprint density at radius 2 is 2.00 bits per heavy atom. The lowest BCUT2D eigenvalue weighted by molar-refractivity contribution is 0.135. The van der Waals surface area contributed by atoms with Gasteiger partial charge in [0, 0.05) is 6.61 Å². The SMILES string of the molecule is CCOCCn1nc(CC)c(N)c1CC. The van der Waals surface area contributed by atoms with Crippen molar-refractivity contribution in [1.29, 1.82) is 0 Å². The molecule has 2 N–H and O–H groups in total. The number of rotatable bonds is 6. The maximum atomic E-state index is 6.01. The smallest absolute Gasteiger partial charge is 0.0854 e. The Kier molecular flexibility index (Phi) is 4.62. The third kappa shape index (κ3) is 2.72. The minimum absolute atomic E-state index is 0.702. The summed E-state index contributed by atoms with van der Waals surface area (Å²) in [5.74, 6) is 0. The molecule has 4 heteroatoms. The molecule has 0 atom stereocenters. The number of aryl methyl sites for hydroxylation is 1. The highest BCUT2D eigenvalue weighted by molar-refractivity contribution is 5.48. The second kappa shape index (κ2) is 5.75. The van der Waals surface area contributed by atoms with Crippen molar-refractivity contribution >= 4 is 5.69 Å². The predicted molar refractivity (Wildman–Crippen MR) is 61.9 cm³/mol. The van der Waals surface area contributed by atoms with Crippen LogP contribution in [-0.4, -0.2) is 23.0 Å². The lowest BCUT2D eigenvalue weighted by atomic mass is 10.2. The quantitative estimate of drug-likeness (QED) is 0.728. The molecular formula is C11H21N3O. The zero-order valence-corrected chi connectivity index (χ0v) is 9.92. The molecule has 1 aromatic rings. The molecule has 86 valence electrons. The Morgan fingerprint density at radius 1 is 1.27 bits per heavy atom. The van der Waals surface area contributed by atoms with E-state index in [0.29, 0.717) is 6.61 Å². The van der Waals surface area contributed by atoms with Gasteiger partial charge in [0.15, 0.2) is 0 Å². The molecule has 4 nitrogen and oxygen atoms in total. The third-order valence-corrected chi connectivity index (χ3v) is 2.50. The molecule has 1 heterocycles. The van der Waals surface area contributed by atoms with Crippen molar-refractivity contribution in [2.45, 2.75) is 40.2 Å². The van der Waals surface area contributed by atoms with Crippen LogP contribution in [0.25, 0.3) is 0 Å². The summed E-state index contributed by atoms with van der Waals surface area (Å²) >= 11 is 0. The van der Waals surface area contributed by atoms with E-state index in [1.165, 1.54) is 0 Å². The number of ether oxygens (including phenoxy) is 1. The number of nitrogens with two attached hydrogens (primary N) is 1. The summed E-state index contributed by atoms with van der Waals surface area (Å²) in [6.45, 7) is 8.42. The van der Waals surface area contributed by atoms with Crippen LogP contribution in [0, 0.1) is 0 Å². The average molecular weight is 211 g/mol. The Morgan fingerprint density at radius 3 is 2.53 bits per heavy atom. The van der Waals surface area contributed by atoms with Crippen LogP contribution in [0.2, 0.25) is 0 Å². The molecule has 0 saturated carbocycles. The largest absolute Gasteiger partial charge is 0.396 e. The zero-order valence-electron chi connectivity index (χ0n) is 9.92. The van der Waals surface area contributed by atoms with Gasteiger partial charge in [-0.25, -0.2) is 0 Å². The number of hydrogen-bond donors (Lipinski definition) is 1. The van der Waals surface area contributed by atoms with E-state index in [0.717, 1.165) is 43.1 Å². The minimum atomic E-state index is 0.702. The lowest BCUT2D eigenvalue weighted by Crippen LogP contribution is -2.10. The van der Waals surface area contributed by atoms with E-state index in [-0.39, 0.29) is 0 Å². The highest BCUT2D eigenvalue weighted by atomic mass is 16.5. The molecule has 0 unspecified atom stereocenters. The number of hydrogen-bond acceptors (Lipinski definition) is 3. The maximum absolute atomic E-state index is 6.01. The van der Waals surface area contributed by atoms with Gasteiger partial charge in [0.05, 0.1) is 30.2 Å². The van der Waals surface area contributed by atoms with Gasteiger partial charge in [0.2, 0.25) is 0 Å². The van der Waals surface area contributed by atoms with E-state index in [2.05, 4.69) is 18.9 Å². The summed E-state index contributed by atoms with van der Waals surface area (Å²) in [7, 11) is 0. The molecule has 0 bridgehead atoms. The van der Waals surface area contributed by atoms with Gasteiger partial charge in [-0.05, 0) is 19.8 Å². The van der Waals surface area contributed by atoms with Crippen molar-refractivity contribution in [3.63, 3.8) is 0 Å². The van der Waals surface area contributed by atoms with E-state index < -0.39 is 0 Å². The van der Waals surface area contributed by atoms with Crippen molar-refractivity contribution in [1.82, 2.24) is 9.78 Å². The summed E-state index contributed by atoms with van der Waals surface area (Å²) in [6, 6.07) is 0. The Labute approximate surface area is 91.4 Å². The first-order valence-electron chi connectivity index (χ1n) is 5.66. The molecule has 0 amide bonds. The monoisotopic (exact) mass is 211 g/mol. The second-order valence-corrected chi connectivity index (χ2v) is 3.43. The summed E-state index contributed by atoms with van der Waals surface area (Å²) < 4.78 is 7.29. The first kappa shape index (κ1) is 12.0. The van der Waals surface area contributed by atoms with E-state index in [9.17, 15) is 0 Å². The van der Waals surface area contributed by atoms with Gasteiger partial charge < -0.3 is 10.5 Å². The van der Waals surface area contributed by atoms with Crippen LogP contribution >= 0.6 is 0 Å². The van der Waals surface area contributed by atoms with Crippen molar-refractivity contribution in [2.75, 3.05) is 18.9 Å². The molecule has 0 aromatic carbocycles. The topological polar surface area (TPSA) is 53.1 Å². The second-order valence-electron chi connectivity index (χ2n) is 3.43. The van der Waals surface area contributed by atoms with Gasteiger partial charge in [-0.3, -0.25) is 4.68 Å². The molecule has 1 aromatic heterocycles. The summed E-state index contributed by atoms with van der Waals surface area (Å²) in [4.78, 5) is 0. The van der Waals surface area contributed by atoms with E-state index in [1.54, 1.807) is 0 Å². The molecule has 0 spiro atoms. The van der Waals surface area contributed by atoms with Crippen LogP contribution in [0.1, 0.15) is 32.2 Å². The molecule has 0 aliphatic rings. The van der Waals surface area contributed by atoms with E-state index in [1.807, 2.05) is 11.6 Å². The van der Waals surface area contributed by atoms with Crippen LogP contribution < -0.4 is 5.73 Å². The molecule has 0 saturated heterocycles. The molecular weight excluding hydrogens is 190 g/mol. The number of nitrogen functional groups attached to an aromatic ring is 1. The number of nitrogens with zero attached hydrogens (tertiary/aromatic N) is 2. The normalized spacial score (nSPS) is 10.9. The fourth-order valence-electron chi connectivity index (χ4n) is 1.68. The van der Waals surface area contributed by atoms with Crippen molar-refractivity contribution in [3.8, 4) is 0 Å². The van der Waals surface area contributed by atoms with Crippen LogP contribution in [0.15, 0.2) is 0 Å². The van der Waals surface area contributed by atoms with Gasteiger partial charge in [-0.15, -0.1) is 0 Å². The molecule has 1 rings (SSSR count). The maximum Gasteiger partial charge on any atom is 0.0854 e.